The van der Waals surface area contributed by atoms with Crippen molar-refractivity contribution < 1.29 is 8.81 Å². The van der Waals surface area contributed by atoms with Crippen LogP contribution in [0, 0.1) is 5.82 Å². The Morgan fingerprint density at radius 3 is 2.71 bits per heavy atom. The normalized spacial score (nSPS) is 15.6. The number of hydrogen-bond donors (Lipinski definition) is 0. The van der Waals surface area contributed by atoms with E-state index in [4.69, 9.17) is 4.42 Å². The van der Waals surface area contributed by atoms with Gasteiger partial charge in [0.2, 0.25) is 0 Å². The Labute approximate surface area is 144 Å². The van der Waals surface area contributed by atoms with E-state index in [0.29, 0.717) is 12.5 Å². The Kier molecular flexibility index (Phi) is 4.14. The summed E-state index contributed by atoms with van der Waals surface area (Å²) >= 11 is 1.64. The number of hydrogen-bond acceptors (Lipinski definition) is 4. The molecule has 0 aliphatic heterocycles. The summed E-state index contributed by atoms with van der Waals surface area (Å²) in [5.74, 6) is 2.24. The molecule has 2 aromatic heterocycles. The van der Waals surface area contributed by atoms with Crippen molar-refractivity contribution in [3.05, 3.63) is 65.6 Å². The summed E-state index contributed by atoms with van der Waals surface area (Å²) in [5.41, 5.74) is 1.07. The summed E-state index contributed by atoms with van der Waals surface area (Å²) in [4.78, 5) is 0. The minimum atomic E-state index is -0.215. The third-order valence-corrected chi connectivity index (χ3v) is 5.34. The third kappa shape index (κ3) is 3.24. The third-order valence-electron chi connectivity index (χ3n) is 4.20. The van der Waals surface area contributed by atoms with Crippen molar-refractivity contribution in [2.45, 2.75) is 42.6 Å². The van der Waals surface area contributed by atoms with E-state index >= 15 is 0 Å². The smallest absolute Gasteiger partial charge is 0.192 e. The zero-order chi connectivity index (χ0) is 16.5. The van der Waals surface area contributed by atoms with E-state index in [2.05, 4.69) is 21.7 Å². The molecular formula is C18H18FN3OS. The predicted molar refractivity (Wildman–Crippen MR) is 90.5 cm³/mol. The van der Waals surface area contributed by atoms with E-state index in [9.17, 15) is 4.39 Å². The molecule has 1 fully saturated rings. The first-order chi connectivity index (χ1) is 11.7. The maximum atomic E-state index is 13.1. The minimum Gasteiger partial charge on any atom is -0.467 e. The average molecular weight is 343 g/mol. The molecule has 1 saturated carbocycles. The number of rotatable bonds is 6. The van der Waals surface area contributed by atoms with Gasteiger partial charge in [0.1, 0.15) is 17.4 Å². The molecule has 4 nitrogen and oxygen atoms in total. The standard InChI is InChI=1S/C18H18FN3OS/c1-12(13-6-8-15(19)9-7-13)24-18-21-20-17(14-4-5-14)22(18)11-16-3-2-10-23-16/h2-3,6-10,12,14H,4-5,11H2,1H3. The summed E-state index contributed by atoms with van der Waals surface area (Å²) in [6.45, 7) is 2.74. The van der Waals surface area contributed by atoms with Crippen LogP contribution in [0.1, 0.15) is 48.1 Å². The SMILES string of the molecule is CC(Sc1nnc(C2CC2)n1Cc1ccco1)c1ccc(F)cc1. The minimum absolute atomic E-state index is 0.164. The largest absolute Gasteiger partial charge is 0.467 e. The number of nitrogens with zero attached hydrogens (tertiary/aromatic N) is 3. The highest BCUT2D eigenvalue weighted by Crippen LogP contribution is 2.42. The molecule has 3 aromatic rings. The van der Waals surface area contributed by atoms with Gasteiger partial charge in [0, 0.05) is 11.2 Å². The summed E-state index contributed by atoms with van der Waals surface area (Å²) < 4.78 is 20.8. The predicted octanol–water partition coefficient (Wildman–Crippen LogP) is 4.79. The Bertz CT molecular complexity index is 809. The van der Waals surface area contributed by atoms with Crippen LogP contribution in [-0.4, -0.2) is 14.8 Å². The van der Waals surface area contributed by atoms with Gasteiger partial charge in [-0.2, -0.15) is 0 Å². The fourth-order valence-electron chi connectivity index (χ4n) is 2.70. The number of benzene rings is 1. The van der Waals surface area contributed by atoms with Gasteiger partial charge in [-0.15, -0.1) is 10.2 Å². The van der Waals surface area contributed by atoms with Gasteiger partial charge in [-0.25, -0.2) is 4.39 Å². The molecule has 1 unspecified atom stereocenters. The lowest BCUT2D eigenvalue weighted by atomic mass is 10.2. The van der Waals surface area contributed by atoms with Gasteiger partial charge in [-0.3, -0.25) is 4.57 Å². The van der Waals surface area contributed by atoms with Gasteiger partial charge >= 0.3 is 0 Å². The van der Waals surface area contributed by atoms with Gasteiger partial charge in [0.15, 0.2) is 5.16 Å². The lowest BCUT2D eigenvalue weighted by Gasteiger charge is -2.13. The Balaban J connectivity index is 1.59. The molecule has 0 spiro atoms. The molecule has 0 radical (unpaired) electrons. The Morgan fingerprint density at radius 2 is 2.04 bits per heavy atom. The van der Waals surface area contributed by atoms with Crippen molar-refractivity contribution in [1.29, 1.82) is 0 Å². The molecule has 24 heavy (non-hydrogen) atoms. The molecule has 1 aromatic carbocycles. The summed E-state index contributed by atoms with van der Waals surface area (Å²) in [7, 11) is 0. The lowest BCUT2D eigenvalue weighted by Crippen LogP contribution is -2.06. The van der Waals surface area contributed by atoms with E-state index in [0.717, 1.165) is 22.3 Å². The van der Waals surface area contributed by atoms with E-state index in [1.54, 1.807) is 18.0 Å². The van der Waals surface area contributed by atoms with E-state index in [-0.39, 0.29) is 11.1 Å². The van der Waals surface area contributed by atoms with Crippen LogP contribution in [0.4, 0.5) is 4.39 Å². The fourth-order valence-corrected chi connectivity index (χ4v) is 3.68. The van der Waals surface area contributed by atoms with Gasteiger partial charge in [-0.05, 0) is 49.6 Å². The van der Waals surface area contributed by atoms with Gasteiger partial charge in [-0.1, -0.05) is 23.9 Å². The summed E-state index contributed by atoms with van der Waals surface area (Å²) in [5, 5.41) is 9.85. The van der Waals surface area contributed by atoms with E-state index < -0.39 is 0 Å². The lowest BCUT2D eigenvalue weighted by molar-refractivity contribution is 0.478. The first-order valence-electron chi connectivity index (χ1n) is 8.08. The second kappa shape index (κ2) is 6.43. The fraction of sp³-hybridized carbons (Fsp3) is 0.333. The maximum absolute atomic E-state index is 13.1. The molecular weight excluding hydrogens is 325 g/mol. The molecule has 4 rings (SSSR count). The van der Waals surface area contributed by atoms with Crippen LogP contribution >= 0.6 is 11.8 Å². The monoisotopic (exact) mass is 343 g/mol. The number of halogens is 1. The molecule has 0 bridgehead atoms. The van der Waals surface area contributed by atoms with Crippen molar-refractivity contribution in [2.24, 2.45) is 0 Å². The van der Waals surface area contributed by atoms with Crippen LogP contribution in [0.3, 0.4) is 0 Å². The molecule has 0 amide bonds. The van der Waals surface area contributed by atoms with Crippen LogP contribution in [0.5, 0.6) is 0 Å². The van der Waals surface area contributed by atoms with Gasteiger partial charge in [0.25, 0.3) is 0 Å². The first-order valence-corrected chi connectivity index (χ1v) is 8.96. The Morgan fingerprint density at radius 1 is 1.25 bits per heavy atom. The van der Waals surface area contributed by atoms with Gasteiger partial charge in [0.05, 0.1) is 12.8 Å². The van der Waals surface area contributed by atoms with Crippen molar-refractivity contribution in [1.82, 2.24) is 14.8 Å². The van der Waals surface area contributed by atoms with Crippen LogP contribution in [0.25, 0.3) is 0 Å². The summed E-state index contributed by atoms with van der Waals surface area (Å²) in [6, 6.07) is 10.5. The molecule has 0 saturated heterocycles. The molecule has 124 valence electrons. The highest BCUT2D eigenvalue weighted by molar-refractivity contribution is 7.99. The Hall–Kier alpha value is -2.08. The van der Waals surface area contributed by atoms with E-state index in [1.165, 1.54) is 25.0 Å². The molecule has 0 N–H and O–H groups in total. The number of furan rings is 1. The van der Waals surface area contributed by atoms with Crippen molar-refractivity contribution >= 4 is 11.8 Å². The molecule has 1 aliphatic carbocycles. The van der Waals surface area contributed by atoms with Crippen molar-refractivity contribution in [3.63, 3.8) is 0 Å². The highest BCUT2D eigenvalue weighted by Gasteiger charge is 2.31. The number of thioether (sulfide) groups is 1. The molecule has 1 aliphatic rings. The van der Waals surface area contributed by atoms with Crippen molar-refractivity contribution in [2.75, 3.05) is 0 Å². The quantitative estimate of drug-likeness (QED) is 0.604. The highest BCUT2D eigenvalue weighted by atomic mass is 32.2. The van der Waals surface area contributed by atoms with Crippen LogP contribution in [0.15, 0.2) is 52.2 Å². The maximum Gasteiger partial charge on any atom is 0.192 e. The van der Waals surface area contributed by atoms with Crippen LogP contribution in [0.2, 0.25) is 0 Å². The second-order valence-electron chi connectivity index (χ2n) is 6.09. The summed E-state index contributed by atoms with van der Waals surface area (Å²) in [6.07, 6.45) is 4.04. The van der Waals surface area contributed by atoms with Crippen LogP contribution < -0.4 is 0 Å². The molecule has 2 heterocycles. The molecule has 6 heteroatoms. The zero-order valence-corrected chi connectivity index (χ0v) is 14.2. The second-order valence-corrected chi connectivity index (χ2v) is 7.40. The van der Waals surface area contributed by atoms with Crippen LogP contribution in [-0.2, 0) is 6.54 Å². The topological polar surface area (TPSA) is 43.9 Å². The van der Waals surface area contributed by atoms with E-state index in [1.807, 2.05) is 24.3 Å². The number of aromatic nitrogens is 3. The van der Waals surface area contributed by atoms with Crippen molar-refractivity contribution in [3.8, 4) is 0 Å². The zero-order valence-electron chi connectivity index (χ0n) is 13.4. The first kappa shape index (κ1) is 15.4. The average Bonchev–Trinajstić information content (AvgIpc) is 3.15. The van der Waals surface area contributed by atoms with Gasteiger partial charge < -0.3 is 4.42 Å². The molecule has 1 atom stereocenters.